The Kier molecular flexibility index (Phi) is 5.44. The lowest BCUT2D eigenvalue weighted by atomic mass is 10.0. The fourth-order valence-electron chi connectivity index (χ4n) is 1.67. The second kappa shape index (κ2) is 6.84. The van der Waals surface area contributed by atoms with E-state index in [1.807, 2.05) is 13.8 Å². The lowest BCUT2D eigenvalue weighted by Gasteiger charge is -2.14. The van der Waals surface area contributed by atoms with Crippen molar-refractivity contribution in [2.45, 2.75) is 32.9 Å². The molecule has 0 aromatic heterocycles. The molecule has 0 bridgehead atoms. The van der Waals surface area contributed by atoms with Crippen molar-refractivity contribution < 1.29 is 9.72 Å². The number of carbonyl (C=O) groups is 1. The van der Waals surface area contributed by atoms with Crippen LogP contribution in [0.4, 0.5) is 5.69 Å². The fourth-order valence-corrected chi connectivity index (χ4v) is 1.67. The Morgan fingerprint density at radius 3 is 2.42 bits per heavy atom. The molecule has 1 amide bonds. The lowest BCUT2D eigenvalue weighted by Crippen LogP contribution is -2.40. The third kappa shape index (κ3) is 5.05. The van der Waals surface area contributed by atoms with Gasteiger partial charge >= 0.3 is 0 Å². The predicted octanol–water partition coefficient (Wildman–Crippen LogP) is 1.58. The average Bonchev–Trinajstić information content (AvgIpc) is 2.35. The Morgan fingerprint density at radius 1 is 1.37 bits per heavy atom. The quantitative estimate of drug-likeness (QED) is 0.602. The highest BCUT2D eigenvalue weighted by molar-refractivity contribution is 5.81. The maximum absolute atomic E-state index is 11.7. The van der Waals surface area contributed by atoms with Crippen molar-refractivity contribution in [1.29, 1.82) is 0 Å². The van der Waals surface area contributed by atoms with E-state index < -0.39 is 11.0 Å². The van der Waals surface area contributed by atoms with Gasteiger partial charge in [-0.05, 0) is 17.9 Å². The number of carbonyl (C=O) groups excluding carboxylic acids is 1. The van der Waals surface area contributed by atoms with E-state index in [4.69, 9.17) is 5.73 Å². The summed E-state index contributed by atoms with van der Waals surface area (Å²) in [6, 6.07) is 5.54. The number of non-ortho nitro benzene ring substituents is 1. The van der Waals surface area contributed by atoms with Gasteiger partial charge in [-0.3, -0.25) is 14.9 Å². The summed E-state index contributed by atoms with van der Waals surface area (Å²) < 4.78 is 0. The number of nitrogens with zero attached hydrogens (tertiary/aromatic N) is 1. The van der Waals surface area contributed by atoms with Crippen LogP contribution in [-0.4, -0.2) is 16.9 Å². The van der Waals surface area contributed by atoms with E-state index in [2.05, 4.69) is 5.32 Å². The number of hydrogen-bond acceptors (Lipinski definition) is 4. The van der Waals surface area contributed by atoms with Crippen LogP contribution in [0, 0.1) is 16.0 Å². The van der Waals surface area contributed by atoms with E-state index in [0.717, 1.165) is 5.56 Å². The Morgan fingerprint density at radius 2 is 1.95 bits per heavy atom. The zero-order valence-corrected chi connectivity index (χ0v) is 11.1. The molecule has 0 aliphatic rings. The molecule has 0 aliphatic carbocycles. The molecule has 1 rings (SSSR count). The summed E-state index contributed by atoms with van der Waals surface area (Å²) in [5.74, 6) is 0.159. The van der Waals surface area contributed by atoms with Crippen molar-refractivity contribution >= 4 is 11.6 Å². The number of hydrogen-bond donors (Lipinski definition) is 2. The van der Waals surface area contributed by atoms with Crippen LogP contribution >= 0.6 is 0 Å². The molecule has 0 saturated carbocycles. The van der Waals surface area contributed by atoms with Gasteiger partial charge in [0, 0.05) is 18.7 Å². The number of nitrogens with two attached hydrogens (primary N) is 1. The Bertz CT molecular complexity index is 443. The molecule has 3 N–H and O–H groups in total. The molecule has 19 heavy (non-hydrogen) atoms. The number of rotatable bonds is 6. The van der Waals surface area contributed by atoms with Crippen LogP contribution in [0.5, 0.6) is 0 Å². The van der Waals surface area contributed by atoms with Gasteiger partial charge < -0.3 is 11.1 Å². The number of nitrogens with one attached hydrogen (secondary N) is 1. The number of benzene rings is 1. The minimum Gasteiger partial charge on any atom is -0.351 e. The van der Waals surface area contributed by atoms with E-state index in [9.17, 15) is 14.9 Å². The smallest absolute Gasteiger partial charge is 0.269 e. The third-order valence-electron chi connectivity index (χ3n) is 2.68. The van der Waals surface area contributed by atoms with Crippen LogP contribution in [0.3, 0.4) is 0 Å². The third-order valence-corrected chi connectivity index (χ3v) is 2.68. The van der Waals surface area contributed by atoms with Crippen molar-refractivity contribution in [3.05, 3.63) is 39.9 Å². The topological polar surface area (TPSA) is 98.3 Å². The molecule has 0 spiro atoms. The summed E-state index contributed by atoms with van der Waals surface area (Å²) in [7, 11) is 0. The second-order valence-corrected chi connectivity index (χ2v) is 4.88. The van der Waals surface area contributed by atoms with E-state index in [1.54, 1.807) is 12.1 Å². The van der Waals surface area contributed by atoms with Crippen molar-refractivity contribution in [3.8, 4) is 0 Å². The molecular formula is C13H19N3O3. The van der Waals surface area contributed by atoms with Gasteiger partial charge in [-0.25, -0.2) is 0 Å². The van der Waals surface area contributed by atoms with Crippen LogP contribution in [0.2, 0.25) is 0 Å². The molecule has 1 atom stereocenters. The monoisotopic (exact) mass is 265 g/mol. The maximum atomic E-state index is 11.7. The number of nitro groups is 1. The van der Waals surface area contributed by atoms with E-state index in [-0.39, 0.29) is 11.6 Å². The zero-order chi connectivity index (χ0) is 14.4. The fraction of sp³-hybridized carbons (Fsp3) is 0.462. The van der Waals surface area contributed by atoms with Gasteiger partial charge in [0.2, 0.25) is 5.91 Å². The van der Waals surface area contributed by atoms with Gasteiger partial charge in [0.15, 0.2) is 0 Å². The van der Waals surface area contributed by atoms with Gasteiger partial charge in [-0.15, -0.1) is 0 Å². The van der Waals surface area contributed by atoms with Crippen LogP contribution in [0.15, 0.2) is 24.3 Å². The summed E-state index contributed by atoms with van der Waals surface area (Å²) in [6.45, 7) is 4.33. The first-order chi connectivity index (χ1) is 8.90. The molecule has 6 heteroatoms. The van der Waals surface area contributed by atoms with Crippen molar-refractivity contribution in [2.24, 2.45) is 11.7 Å². The van der Waals surface area contributed by atoms with Crippen LogP contribution in [-0.2, 0) is 11.3 Å². The van der Waals surface area contributed by atoms with Gasteiger partial charge in [-0.2, -0.15) is 0 Å². The Labute approximate surface area is 112 Å². The van der Waals surface area contributed by atoms with Crippen molar-refractivity contribution in [3.63, 3.8) is 0 Å². The zero-order valence-electron chi connectivity index (χ0n) is 11.1. The van der Waals surface area contributed by atoms with Crippen LogP contribution in [0.1, 0.15) is 25.8 Å². The van der Waals surface area contributed by atoms with E-state index >= 15 is 0 Å². The Balaban J connectivity index is 2.48. The molecule has 0 saturated heterocycles. The highest BCUT2D eigenvalue weighted by atomic mass is 16.6. The van der Waals surface area contributed by atoms with Crippen LogP contribution in [0.25, 0.3) is 0 Å². The Hall–Kier alpha value is -1.95. The van der Waals surface area contributed by atoms with E-state index in [0.29, 0.717) is 18.9 Å². The van der Waals surface area contributed by atoms with E-state index in [1.165, 1.54) is 12.1 Å². The lowest BCUT2D eigenvalue weighted by molar-refractivity contribution is -0.384. The highest BCUT2D eigenvalue weighted by Gasteiger charge is 2.14. The molecule has 0 heterocycles. The molecule has 0 aliphatic heterocycles. The van der Waals surface area contributed by atoms with Gasteiger partial charge in [-0.1, -0.05) is 26.0 Å². The first kappa shape index (κ1) is 15.1. The summed E-state index contributed by atoms with van der Waals surface area (Å²) >= 11 is 0. The molecular weight excluding hydrogens is 246 g/mol. The minimum atomic E-state index is -0.516. The van der Waals surface area contributed by atoms with Gasteiger partial charge in [0.05, 0.1) is 11.0 Å². The minimum absolute atomic E-state index is 0.0339. The van der Waals surface area contributed by atoms with Crippen molar-refractivity contribution in [1.82, 2.24) is 5.32 Å². The summed E-state index contributed by atoms with van der Waals surface area (Å²) in [6.07, 6.45) is 0.631. The second-order valence-electron chi connectivity index (χ2n) is 4.88. The number of amides is 1. The van der Waals surface area contributed by atoms with Gasteiger partial charge in [0.25, 0.3) is 5.69 Å². The molecule has 104 valence electrons. The molecule has 6 nitrogen and oxygen atoms in total. The summed E-state index contributed by atoms with van der Waals surface area (Å²) in [4.78, 5) is 21.7. The summed E-state index contributed by atoms with van der Waals surface area (Å²) in [5, 5.41) is 13.2. The SMILES string of the molecule is CC(C)CC(N)C(=O)NCc1ccc([N+](=O)[O-])cc1. The molecule has 1 unspecified atom stereocenters. The normalized spacial score (nSPS) is 12.2. The molecule has 1 aromatic carbocycles. The van der Waals surface area contributed by atoms with Crippen LogP contribution < -0.4 is 11.1 Å². The average molecular weight is 265 g/mol. The highest BCUT2D eigenvalue weighted by Crippen LogP contribution is 2.11. The van der Waals surface area contributed by atoms with Gasteiger partial charge in [0.1, 0.15) is 0 Å². The first-order valence-corrected chi connectivity index (χ1v) is 6.16. The van der Waals surface area contributed by atoms with Crippen molar-refractivity contribution in [2.75, 3.05) is 0 Å². The predicted molar refractivity (Wildman–Crippen MR) is 72.4 cm³/mol. The largest absolute Gasteiger partial charge is 0.351 e. The standard InChI is InChI=1S/C13H19N3O3/c1-9(2)7-12(14)13(17)15-8-10-3-5-11(6-4-10)16(18)19/h3-6,9,12H,7-8,14H2,1-2H3,(H,15,17). The molecule has 0 radical (unpaired) electrons. The number of nitro benzene ring substituents is 1. The molecule has 1 aromatic rings. The summed E-state index contributed by atoms with van der Waals surface area (Å²) in [5.41, 5.74) is 6.58. The maximum Gasteiger partial charge on any atom is 0.269 e. The first-order valence-electron chi connectivity index (χ1n) is 6.16. The molecule has 0 fully saturated rings.